The molecule has 0 saturated carbocycles. The second-order valence-electron chi connectivity index (χ2n) is 9.92. The van der Waals surface area contributed by atoms with Crippen molar-refractivity contribution in [2.75, 3.05) is 6.61 Å². The van der Waals surface area contributed by atoms with Crippen molar-refractivity contribution in [1.82, 2.24) is 0 Å². The summed E-state index contributed by atoms with van der Waals surface area (Å²) in [6, 6.07) is 21.4. The molecule has 0 amide bonds. The maximum atomic E-state index is 11.0. The average Bonchev–Trinajstić information content (AvgIpc) is 2.75. The molecule has 0 aliphatic carbocycles. The Morgan fingerprint density at radius 3 is 1.87 bits per heavy atom. The van der Waals surface area contributed by atoms with Gasteiger partial charge in [-0.3, -0.25) is 0 Å². The molecule has 2 rings (SSSR count). The van der Waals surface area contributed by atoms with Crippen LogP contribution in [0, 0.1) is 5.92 Å². The summed E-state index contributed by atoms with van der Waals surface area (Å²) in [4.78, 5) is 0. The molecule has 170 valence electrons. The van der Waals surface area contributed by atoms with Gasteiger partial charge in [-0.05, 0) is 39.7 Å². The van der Waals surface area contributed by atoms with Gasteiger partial charge in [0, 0.05) is 0 Å². The molecule has 31 heavy (non-hydrogen) atoms. The molecular formula is C28H42O2Si. The third-order valence-electron chi connectivity index (χ3n) is 6.10. The molecule has 0 radical (unpaired) electrons. The zero-order chi connectivity index (χ0) is 22.9. The highest BCUT2D eigenvalue weighted by Gasteiger charge is 2.50. The predicted octanol–water partition coefficient (Wildman–Crippen LogP) is 6.09. The third kappa shape index (κ3) is 6.41. The largest absolute Gasteiger partial charge is 0.403 e. The Labute approximate surface area is 191 Å². The summed E-state index contributed by atoms with van der Waals surface area (Å²) in [5, 5.41) is 13.4. The van der Waals surface area contributed by atoms with E-state index in [4.69, 9.17) is 4.43 Å². The van der Waals surface area contributed by atoms with Gasteiger partial charge in [0.2, 0.25) is 0 Å². The van der Waals surface area contributed by atoms with E-state index in [1.807, 2.05) is 0 Å². The molecule has 0 spiro atoms. The Kier molecular flexibility index (Phi) is 9.74. The number of aliphatic hydroxyl groups excluding tert-OH is 1. The lowest BCUT2D eigenvalue weighted by molar-refractivity contribution is 0.144. The summed E-state index contributed by atoms with van der Waals surface area (Å²) >= 11 is 0. The van der Waals surface area contributed by atoms with Crippen molar-refractivity contribution in [3.63, 3.8) is 0 Å². The monoisotopic (exact) mass is 438 g/mol. The SMILES string of the molecule is CCCCC/C=C(\CO[Si](c1ccccc1)(c1ccccc1)C(C)(C)C)C(O)C(C)C. The highest BCUT2D eigenvalue weighted by atomic mass is 28.4. The maximum absolute atomic E-state index is 11.0. The fourth-order valence-electron chi connectivity index (χ4n) is 4.33. The van der Waals surface area contributed by atoms with E-state index in [1.54, 1.807) is 0 Å². The summed E-state index contributed by atoms with van der Waals surface area (Å²) in [6.07, 6.45) is 6.34. The van der Waals surface area contributed by atoms with Crippen LogP contribution in [0.4, 0.5) is 0 Å². The number of hydrogen-bond acceptors (Lipinski definition) is 2. The van der Waals surface area contributed by atoms with E-state index in [-0.39, 0.29) is 11.0 Å². The van der Waals surface area contributed by atoms with Gasteiger partial charge in [-0.1, -0.05) is 121 Å². The van der Waals surface area contributed by atoms with Crippen molar-refractivity contribution in [3.05, 3.63) is 72.3 Å². The first-order valence-electron chi connectivity index (χ1n) is 11.9. The topological polar surface area (TPSA) is 29.5 Å². The van der Waals surface area contributed by atoms with E-state index < -0.39 is 14.4 Å². The third-order valence-corrected chi connectivity index (χ3v) is 11.1. The van der Waals surface area contributed by atoms with Crippen LogP contribution in [0.15, 0.2) is 72.3 Å². The number of rotatable bonds is 11. The smallest absolute Gasteiger partial charge is 0.261 e. The second kappa shape index (κ2) is 11.8. The molecule has 2 nitrogen and oxygen atoms in total. The minimum Gasteiger partial charge on any atom is -0.403 e. The van der Waals surface area contributed by atoms with Crippen LogP contribution < -0.4 is 10.4 Å². The zero-order valence-electron chi connectivity index (χ0n) is 20.4. The normalized spacial score (nSPS) is 14.1. The standard InChI is InChI=1S/C28H42O2Si/c1-7-8-9-12-17-24(27(29)23(2)3)22-30-31(28(4,5)6,25-18-13-10-14-19-25)26-20-15-11-16-21-26/h10-11,13-21,23,27,29H,7-9,12,22H2,1-6H3/b24-17+. The van der Waals surface area contributed by atoms with Gasteiger partial charge < -0.3 is 9.53 Å². The first kappa shape index (κ1) is 25.6. The van der Waals surface area contributed by atoms with Crippen LogP contribution in [0.25, 0.3) is 0 Å². The van der Waals surface area contributed by atoms with E-state index >= 15 is 0 Å². The first-order chi connectivity index (χ1) is 14.7. The Balaban J connectivity index is 2.49. The van der Waals surface area contributed by atoms with E-state index in [0.29, 0.717) is 6.61 Å². The van der Waals surface area contributed by atoms with Gasteiger partial charge in [-0.2, -0.15) is 0 Å². The molecule has 0 bridgehead atoms. The maximum Gasteiger partial charge on any atom is 0.261 e. The fourth-order valence-corrected chi connectivity index (χ4v) is 8.87. The van der Waals surface area contributed by atoms with Crippen molar-refractivity contribution in [1.29, 1.82) is 0 Å². The lowest BCUT2D eigenvalue weighted by Crippen LogP contribution is -2.66. The first-order valence-corrected chi connectivity index (χ1v) is 13.8. The Morgan fingerprint density at radius 1 is 0.935 bits per heavy atom. The second-order valence-corrected chi connectivity index (χ2v) is 14.2. The fraction of sp³-hybridized carbons (Fsp3) is 0.500. The van der Waals surface area contributed by atoms with E-state index in [2.05, 4.69) is 108 Å². The number of benzene rings is 2. The molecule has 0 saturated heterocycles. The van der Waals surface area contributed by atoms with Crippen LogP contribution in [0.3, 0.4) is 0 Å². The summed E-state index contributed by atoms with van der Waals surface area (Å²) in [5.74, 6) is 0.167. The van der Waals surface area contributed by atoms with Crippen LogP contribution in [-0.2, 0) is 4.43 Å². The number of unbranched alkanes of at least 4 members (excludes halogenated alkanes) is 3. The van der Waals surface area contributed by atoms with Crippen LogP contribution >= 0.6 is 0 Å². The molecule has 0 fully saturated rings. The number of aliphatic hydroxyl groups is 1. The molecule has 2 aromatic carbocycles. The quantitative estimate of drug-likeness (QED) is 0.261. The van der Waals surface area contributed by atoms with Crippen molar-refractivity contribution < 1.29 is 9.53 Å². The molecular weight excluding hydrogens is 396 g/mol. The number of hydrogen-bond donors (Lipinski definition) is 1. The van der Waals surface area contributed by atoms with Gasteiger partial charge in [0.15, 0.2) is 0 Å². The lowest BCUT2D eigenvalue weighted by Gasteiger charge is -2.43. The average molecular weight is 439 g/mol. The minimum atomic E-state index is -2.60. The molecule has 3 heteroatoms. The van der Waals surface area contributed by atoms with Crippen molar-refractivity contribution in [2.45, 2.75) is 78.4 Å². The van der Waals surface area contributed by atoms with Gasteiger partial charge in [0.25, 0.3) is 8.32 Å². The van der Waals surface area contributed by atoms with E-state index in [0.717, 1.165) is 18.4 Å². The summed E-state index contributed by atoms with van der Waals surface area (Å²) in [7, 11) is -2.60. The van der Waals surface area contributed by atoms with Crippen molar-refractivity contribution >= 4 is 18.7 Å². The van der Waals surface area contributed by atoms with E-state index in [9.17, 15) is 5.11 Å². The zero-order valence-corrected chi connectivity index (χ0v) is 21.4. The molecule has 0 aromatic heterocycles. The van der Waals surface area contributed by atoms with Crippen LogP contribution in [0.5, 0.6) is 0 Å². The molecule has 1 N–H and O–H groups in total. The van der Waals surface area contributed by atoms with Crippen LogP contribution in [-0.4, -0.2) is 26.1 Å². The molecule has 0 aliphatic rings. The molecule has 0 heterocycles. The van der Waals surface area contributed by atoms with Crippen LogP contribution in [0.2, 0.25) is 5.04 Å². The Hall–Kier alpha value is -1.68. The van der Waals surface area contributed by atoms with Gasteiger partial charge >= 0.3 is 0 Å². The highest BCUT2D eigenvalue weighted by Crippen LogP contribution is 2.37. The van der Waals surface area contributed by atoms with Crippen LogP contribution in [0.1, 0.15) is 67.2 Å². The predicted molar refractivity (Wildman–Crippen MR) is 137 cm³/mol. The van der Waals surface area contributed by atoms with Gasteiger partial charge in [0.1, 0.15) is 0 Å². The Bertz CT molecular complexity index is 751. The summed E-state index contributed by atoms with van der Waals surface area (Å²) < 4.78 is 7.07. The van der Waals surface area contributed by atoms with E-state index in [1.165, 1.54) is 23.2 Å². The molecule has 1 atom stereocenters. The van der Waals surface area contributed by atoms with Gasteiger partial charge in [-0.25, -0.2) is 0 Å². The number of allylic oxidation sites excluding steroid dienone is 1. The Morgan fingerprint density at radius 2 is 1.45 bits per heavy atom. The van der Waals surface area contributed by atoms with Gasteiger partial charge in [0.05, 0.1) is 12.7 Å². The molecule has 2 aromatic rings. The van der Waals surface area contributed by atoms with Crippen molar-refractivity contribution in [3.8, 4) is 0 Å². The summed E-state index contributed by atoms with van der Waals surface area (Å²) in [6.45, 7) is 13.7. The molecule has 1 unspecified atom stereocenters. The summed E-state index contributed by atoms with van der Waals surface area (Å²) in [5.41, 5.74) is 1.03. The minimum absolute atomic E-state index is 0.0637. The van der Waals surface area contributed by atoms with Gasteiger partial charge in [-0.15, -0.1) is 0 Å². The lowest BCUT2D eigenvalue weighted by atomic mass is 9.98. The highest BCUT2D eigenvalue weighted by molar-refractivity contribution is 6.99. The van der Waals surface area contributed by atoms with Crippen molar-refractivity contribution in [2.24, 2.45) is 5.92 Å². The molecule has 0 aliphatic heterocycles.